The van der Waals surface area contributed by atoms with Crippen molar-refractivity contribution in [3.8, 4) is 0 Å². The van der Waals surface area contributed by atoms with Crippen molar-refractivity contribution in [2.75, 3.05) is 14.1 Å². The first kappa shape index (κ1) is 21.4. The predicted molar refractivity (Wildman–Crippen MR) is 113 cm³/mol. The molecular weight excluding hydrogens is 302 g/mol. The van der Waals surface area contributed by atoms with Crippen LogP contribution >= 0.6 is 0 Å². The van der Waals surface area contributed by atoms with Crippen LogP contribution in [0.3, 0.4) is 0 Å². The van der Waals surface area contributed by atoms with Crippen LogP contribution < -0.4 is 0 Å². The van der Waals surface area contributed by atoms with Gasteiger partial charge in [-0.1, -0.05) is 93.5 Å². The van der Waals surface area contributed by atoms with E-state index in [0.29, 0.717) is 17.9 Å². The summed E-state index contributed by atoms with van der Waals surface area (Å²) in [6, 6.07) is 11.2. The molecule has 1 aromatic carbocycles. The average Bonchev–Trinajstić information content (AvgIpc) is 2.62. The minimum absolute atomic E-state index is 0.445. The van der Waals surface area contributed by atoms with E-state index in [1.165, 1.54) is 17.6 Å². The lowest BCUT2D eigenvalue weighted by atomic mass is 9.92. The predicted octanol–water partition coefficient (Wildman–Crippen LogP) is 6.61. The molecule has 0 aliphatic rings. The Morgan fingerprint density at radius 2 is 1.72 bits per heavy atom. The smallest absolute Gasteiger partial charge is 0.0309 e. The highest BCUT2D eigenvalue weighted by Gasteiger charge is 2.11. The Balaban J connectivity index is 2.62. The molecule has 0 aliphatic heterocycles. The summed E-state index contributed by atoms with van der Waals surface area (Å²) in [4.78, 5) is 2.31. The summed E-state index contributed by atoms with van der Waals surface area (Å²) in [5.41, 5.74) is 2.83. The molecule has 3 unspecified atom stereocenters. The van der Waals surface area contributed by atoms with Crippen LogP contribution in [0.25, 0.3) is 0 Å². The van der Waals surface area contributed by atoms with E-state index in [9.17, 15) is 0 Å². The molecule has 0 saturated carbocycles. The van der Waals surface area contributed by atoms with Gasteiger partial charge in [0.15, 0.2) is 0 Å². The molecular formula is C24H37N. The van der Waals surface area contributed by atoms with Crippen LogP contribution in [0.2, 0.25) is 0 Å². The molecule has 0 saturated heterocycles. The maximum atomic E-state index is 2.43. The number of nitrogens with zero attached hydrogens (tertiary/aromatic N) is 1. The first-order chi connectivity index (χ1) is 12.0. The maximum absolute atomic E-state index is 2.43. The van der Waals surface area contributed by atoms with E-state index in [1.807, 2.05) is 0 Å². The van der Waals surface area contributed by atoms with Crippen molar-refractivity contribution in [1.82, 2.24) is 4.90 Å². The van der Waals surface area contributed by atoms with Gasteiger partial charge < -0.3 is 4.90 Å². The van der Waals surface area contributed by atoms with Crippen molar-refractivity contribution in [3.63, 3.8) is 0 Å². The van der Waals surface area contributed by atoms with E-state index >= 15 is 0 Å². The van der Waals surface area contributed by atoms with Gasteiger partial charge in [-0.15, -0.1) is 0 Å². The van der Waals surface area contributed by atoms with Crippen LogP contribution in [-0.2, 0) is 0 Å². The molecule has 0 spiro atoms. The number of benzene rings is 1. The third-order valence-corrected chi connectivity index (χ3v) is 5.03. The normalized spacial score (nSPS) is 16.7. The summed E-state index contributed by atoms with van der Waals surface area (Å²) in [5, 5.41) is 0. The highest BCUT2D eigenvalue weighted by Crippen LogP contribution is 2.24. The molecule has 1 aromatic rings. The Morgan fingerprint density at radius 1 is 1.04 bits per heavy atom. The van der Waals surface area contributed by atoms with Crippen LogP contribution in [0.4, 0.5) is 0 Å². The Labute approximate surface area is 156 Å². The molecule has 25 heavy (non-hydrogen) atoms. The van der Waals surface area contributed by atoms with Crippen molar-refractivity contribution in [2.24, 2.45) is 5.92 Å². The van der Waals surface area contributed by atoms with Gasteiger partial charge in [0, 0.05) is 12.0 Å². The SMILES string of the molecule is CCC(C)/C=C\C/C=C\CC(/C=C(/C)C(C)c1ccccc1)N(C)C. The molecule has 0 aliphatic carbocycles. The largest absolute Gasteiger partial charge is 0.303 e. The molecule has 0 heterocycles. The lowest BCUT2D eigenvalue weighted by molar-refractivity contribution is 0.343. The second kappa shape index (κ2) is 11.9. The third-order valence-electron chi connectivity index (χ3n) is 5.03. The van der Waals surface area contributed by atoms with Gasteiger partial charge in [-0.25, -0.2) is 0 Å². The minimum atomic E-state index is 0.445. The lowest BCUT2D eigenvalue weighted by Gasteiger charge is -2.22. The van der Waals surface area contributed by atoms with Crippen molar-refractivity contribution in [2.45, 2.75) is 58.9 Å². The van der Waals surface area contributed by atoms with E-state index in [-0.39, 0.29) is 0 Å². The van der Waals surface area contributed by atoms with Gasteiger partial charge in [0.2, 0.25) is 0 Å². The van der Waals surface area contributed by atoms with E-state index in [0.717, 1.165) is 12.8 Å². The van der Waals surface area contributed by atoms with E-state index in [4.69, 9.17) is 0 Å². The highest BCUT2D eigenvalue weighted by atomic mass is 15.1. The summed E-state index contributed by atoms with van der Waals surface area (Å²) in [5.74, 6) is 1.15. The van der Waals surface area contributed by atoms with Crippen LogP contribution in [0.15, 0.2) is 66.3 Å². The third kappa shape index (κ3) is 8.36. The summed E-state index contributed by atoms with van der Waals surface area (Å²) < 4.78 is 0. The quantitative estimate of drug-likeness (QED) is 0.434. The Hall–Kier alpha value is -1.60. The maximum Gasteiger partial charge on any atom is 0.0309 e. The van der Waals surface area contributed by atoms with Crippen molar-refractivity contribution >= 4 is 0 Å². The molecule has 0 aromatic heterocycles. The van der Waals surface area contributed by atoms with E-state index < -0.39 is 0 Å². The number of hydrogen-bond acceptors (Lipinski definition) is 1. The summed E-state index contributed by atoms with van der Waals surface area (Å²) in [7, 11) is 4.33. The molecule has 1 nitrogen and oxygen atoms in total. The number of allylic oxidation sites excluding steroid dienone is 4. The van der Waals surface area contributed by atoms with Crippen LogP contribution in [-0.4, -0.2) is 25.0 Å². The number of hydrogen-bond donors (Lipinski definition) is 0. The van der Waals surface area contributed by atoms with Gasteiger partial charge in [-0.2, -0.15) is 0 Å². The summed E-state index contributed by atoms with van der Waals surface area (Å²) >= 11 is 0. The van der Waals surface area contributed by atoms with Crippen molar-refractivity contribution in [3.05, 3.63) is 71.8 Å². The molecule has 1 rings (SSSR count). The minimum Gasteiger partial charge on any atom is -0.303 e. The Morgan fingerprint density at radius 3 is 2.32 bits per heavy atom. The molecule has 3 atom stereocenters. The molecule has 138 valence electrons. The fraction of sp³-hybridized carbons (Fsp3) is 0.500. The molecule has 0 amide bonds. The molecule has 0 bridgehead atoms. The average molecular weight is 340 g/mol. The monoisotopic (exact) mass is 339 g/mol. The topological polar surface area (TPSA) is 3.24 Å². The molecule has 0 fully saturated rings. The lowest BCUT2D eigenvalue weighted by Crippen LogP contribution is -2.25. The van der Waals surface area contributed by atoms with E-state index in [2.05, 4.69) is 107 Å². The van der Waals surface area contributed by atoms with Crippen molar-refractivity contribution in [1.29, 1.82) is 0 Å². The highest BCUT2D eigenvalue weighted by molar-refractivity contribution is 5.28. The Bertz CT molecular complexity index is 551. The van der Waals surface area contributed by atoms with Gasteiger partial charge in [-0.3, -0.25) is 0 Å². The zero-order valence-electron chi connectivity index (χ0n) is 17.1. The second-order valence-corrected chi connectivity index (χ2v) is 7.33. The summed E-state index contributed by atoms with van der Waals surface area (Å²) in [6.07, 6.45) is 15.0. The zero-order valence-corrected chi connectivity index (χ0v) is 17.1. The van der Waals surface area contributed by atoms with Gasteiger partial charge >= 0.3 is 0 Å². The number of likely N-dealkylation sites (N-methyl/N-ethyl adjacent to an activating group) is 1. The standard InChI is InChI=1S/C24H37N/c1-7-20(2)15-11-8-9-14-18-24(25(5)6)19-21(3)22(4)23-16-12-10-13-17-23/h9-17,19-20,22,24H,7-8,18H2,1-6H3/b14-9-,15-11-,21-19-. The first-order valence-electron chi connectivity index (χ1n) is 9.67. The van der Waals surface area contributed by atoms with E-state index in [1.54, 1.807) is 0 Å². The van der Waals surface area contributed by atoms with Gasteiger partial charge in [-0.05, 0) is 45.3 Å². The molecule has 0 radical (unpaired) electrons. The molecule has 0 N–H and O–H groups in total. The van der Waals surface area contributed by atoms with Gasteiger partial charge in [0.25, 0.3) is 0 Å². The van der Waals surface area contributed by atoms with Crippen LogP contribution in [0.1, 0.15) is 58.4 Å². The van der Waals surface area contributed by atoms with Gasteiger partial charge in [0.05, 0.1) is 0 Å². The fourth-order valence-corrected chi connectivity index (χ4v) is 2.74. The Kier molecular flexibility index (Phi) is 10.2. The first-order valence-corrected chi connectivity index (χ1v) is 9.67. The van der Waals surface area contributed by atoms with Gasteiger partial charge in [0.1, 0.15) is 0 Å². The van der Waals surface area contributed by atoms with Crippen LogP contribution in [0, 0.1) is 5.92 Å². The zero-order chi connectivity index (χ0) is 18.7. The fourth-order valence-electron chi connectivity index (χ4n) is 2.74. The van der Waals surface area contributed by atoms with Crippen molar-refractivity contribution < 1.29 is 0 Å². The summed E-state index contributed by atoms with van der Waals surface area (Å²) in [6.45, 7) is 9.05. The number of rotatable bonds is 10. The second-order valence-electron chi connectivity index (χ2n) is 7.33. The molecule has 1 heteroatoms. The van der Waals surface area contributed by atoms with Crippen LogP contribution in [0.5, 0.6) is 0 Å².